The third-order valence-corrected chi connectivity index (χ3v) is 4.67. The molecular weight excluding hydrogens is 263 g/mol. The summed E-state index contributed by atoms with van der Waals surface area (Å²) >= 11 is 0. The summed E-state index contributed by atoms with van der Waals surface area (Å²) in [4.78, 5) is 9.31. The maximum Gasteiger partial charge on any atom is 0.0422 e. The van der Waals surface area contributed by atoms with Crippen LogP contribution < -0.4 is 5.30 Å². The largest absolute Gasteiger partial charge is 0.372 e. The average molecular weight is 294 g/mol. The van der Waals surface area contributed by atoms with E-state index in [4.69, 9.17) is 0 Å². The van der Waals surface area contributed by atoms with Crippen molar-refractivity contribution in [1.29, 1.82) is 0 Å². The van der Waals surface area contributed by atoms with E-state index in [2.05, 4.69) is 19.1 Å². The van der Waals surface area contributed by atoms with Crippen LogP contribution in [0.25, 0.3) is 0 Å². The molecule has 1 rings (SSSR count). The van der Waals surface area contributed by atoms with Gasteiger partial charge in [-0.2, -0.15) is 0 Å². The highest BCUT2D eigenvalue weighted by Gasteiger charge is 2.00. The molecule has 0 aliphatic rings. The molecule has 0 aliphatic carbocycles. The number of aryl methyl sites for hydroxylation is 1. The van der Waals surface area contributed by atoms with E-state index in [0.717, 1.165) is 11.7 Å². The fraction of sp³-hybridized carbons (Fsp3) is 0.667. The molecule has 20 heavy (non-hydrogen) atoms. The SMILES string of the molecule is CCCCCCCCCCCCc1ccccc1PO. The lowest BCUT2D eigenvalue weighted by molar-refractivity contribution is 0.556. The Morgan fingerprint density at radius 2 is 1.35 bits per heavy atom. The van der Waals surface area contributed by atoms with Crippen molar-refractivity contribution in [1.82, 2.24) is 0 Å². The molecule has 1 aromatic carbocycles. The molecule has 0 fully saturated rings. The summed E-state index contributed by atoms with van der Waals surface area (Å²) in [7, 11) is -0.0595. The Hall–Kier alpha value is -0.390. The summed E-state index contributed by atoms with van der Waals surface area (Å²) in [5.74, 6) is 0. The smallest absolute Gasteiger partial charge is 0.0422 e. The molecule has 114 valence electrons. The van der Waals surface area contributed by atoms with Gasteiger partial charge in [0.15, 0.2) is 0 Å². The number of benzene rings is 1. The van der Waals surface area contributed by atoms with Crippen LogP contribution in [-0.4, -0.2) is 4.89 Å². The second-order valence-corrected chi connectivity index (χ2v) is 6.46. The number of rotatable bonds is 12. The number of unbranched alkanes of at least 4 members (excludes halogenated alkanes) is 9. The first kappa shape index (κ1) is 17.7. The summed E-state index contributed by atoms with van der Waals surface area (Å²) in [5.41, 5.74) is 1.34. The van der Waals surface area contributed by atoms with Gasteiger partial charge in [-0.1, -0.05) is 89.0 Å². The Morgan fingerprint density at radius 3 is 1.95 bits per heavy atom. The summed E-state index contributed by atoms with van der Waals surface area (Å²) in [6, 6.07) is 8.30. The van der Waals surface area contributed by atoms with Crippen LogP contribution >= 0.6 is 8.81 Å². The van der Waals surface area contributed by atoms with E-state index >= 15 is 0 Å². The molecule has 0 aliphatic heterocycles. The van der Waals surface area contributed by atoms with Gasteiger partial charge in [0.1, 0.15) is 0 Å². The van der Waals surface area contributed by atoms with Crippen LogP contribution in [0.3, 0.4) is 0 Å². The average Bonchev–Trinajstić information content (AvgIpc) is 2.49. The van der Waals surface area contributed by atoms with E-state index in [1.54, 1.807) is 0 Å². The first-order chi connectivity index (χ1) is 9.88. The molecule has 0 saturated heterocycles. The van der Waals surface area contributed by atoms with Crippen molar-refractivity contribution < 1.29 is 4.89 Å². The lowest BCUT2D eigenvalue weighted by Gasteiger charge is -2.06. The van der Waals surface area contributed by atoms with Gasteiger partial charge in [-0.15, -0.1) is 0 Å². The highest BCUT2D eigenvalue weighted by Crippen LogP contribution is 2.14. The number of hydrogen-bond donors (Lipinski definition) is 1. The molecule has 1 unspecified atom stereocenters. The van der Waals surface area contributed by atoms with Crippen LogP contribution in [0.5, 0.6) is 0 Å². The quantitative estimate of drug-likeness (QED) is 0.406. The van der Waals surface area contributed by atoms with Crippen molar-refractivity contribution in [3.05, 3.63) is 29.8 Å². The Morgan fingerprint density at radius 1 is 0.800 bits per heavy atom. The van der Waals surface area contributed by atoms with E-state index in [-0.39, 0.29) is 8.81 Å². The van der Waals surface area contributed by atoms with E-state index in [0.29, 0.717) is 0 Å². The summed E-state index contributed by atoms with van der Waals surface area (Å²) in [6.45, 7) is 2.27. The van der Waals surface area contributed by atoms with Crippen molar-refractivity contribution in [2.75, 3.05) is 0 Å². The molecule has 1 aromatic rings. The number of hydrogen-bond acceptors (Lipinski definition) is 1. The molecule has 2 heteroatoms. The first-order valence-corrected chi connectivity index (χ1v) is 9.31. The zero-order valence-corrected chi connectivity index (χ0v) is 14.0. The standard InChI is InChI=1S/C18H31OP/c1-2-3-4-5-6-7-8-9-10-11-14-17-15-12-13-16-18(17)20-19/h12-13,15-16,19-20H,2-11,14H2,1H3. The van der Waals surface area contributed by atoms with Crippen molar-refractivity contribution in [2.24, 2.45) is 0 Å². The third-order valence-electron chi connectivity index (χ3n) is 3.94. The zero-order valence-electron chi connectivity index (χ0n) is 13.0. The predicted molar refractivity (Wildman–Crippen MR) is 92.2 cm³/mol. The predicted octanol–water partition coefficient (Wildman–Crippen LogP) is 5.36. The lowest BCUT2D eigenvalue weighted by Crippen LogP contribution is -2.03. The van der Waals surface area contributed by atoms with E-state index in [9.17, 15) is 4.89 Å². The van der Waals surface area contributed by atoms with Gasteiger partial charge in [-0.25, -0.2) is 0 Å². The van der Waals surface area contributed by atoms with Crippen molar-refractivity contribution >= 4 is 14.1 Å². The van der Waals surface area contributed by atoms with Gasteiger partial charge in [-0.05, 0) is 18.4 Å². The fourth-order valence-electron chi connectivity index (χ4n) is 2.65. The van der Waals surface area contributed by atoms with Gasteiger partial charge in [0.2, 0.25) is 0 Å². The lowest BCUT2D eigenvalue weighted by atomic mass is 10.0. The molecular formula is C18H31OP. The fourth-order valence-corrected chi connectivity index (χ4v) is 3.17. The van der Waals surface area contributed by atoms with Crippen molar-refractivity contribution in [3.8, 4) is 0 Å². The summed E-state index contributed by atoms with van der Waals surface area (Å²) < 4.78 is 0. The minimum absolute atomic E-state index is 0.0595. The second-order valence-electron chi connectivity index (χ2n) is 5.70. The van der Waals surface area contributed by atoms with E-state index in [1.165, 1.54) is 69.8 Å². The first-order valence-electron chi connectivity index (χ1n) is 8.36. The maximum absolute atomic E-state index is 9.31. The highest BCUT2D eigenvalue weighted by molar-refractivity contribution is 7.41. The molecule has 1 atom stereocenters. The molecule has 0 amide bonds. The van der Waals surface area contributed by atoms with E-state index in [1.807, 2.05) is 12.1 Å². The van der Waals surface area contributed by atoms with Gasteiger partial charge in [0.05, 0.1) is 0 Å². The Balaban J connectivity index is 1.97. The Bertz CT molecular complexity index is 338. The summed E-state index contributed by atoms with van der Waals surface area (Å²) in [6.07, 6.45) is 14.9. The minimum Gasteiger partial charge on any atom is -0.372 e. The molecule has 0 bridgehead atoms. The van der Waals surface area contributed by atoms with Crippen LogP contribution in [0.1, 0.15) is 76.7 Å². The van der Waals surface area contributed by atoms with Gasteiger partial charge < -0.3 is 4.89 Å². The molecule has 0 aromatic heterocycles. The molecule has 1 nitrogen and oxygen atoms in total. The van der Waals surface area contributed by atoms with Crippen LogP contribution in [-0.2, 0) is 6.42 Å². The molecule has 1 N–H and O–H groups in total. The zero-order chi connectivity index (χ0) is 14.5. The third kappa shape index (κ3) is 8.02. The Labute approximate surface area is 127 Å². The van der Waals surface area contributed by atoms with Gasteiger partial charge in [-0.3, -0.25) is 0 Å². The molecule has 0 heterocycles. The Kier molecular flexibility index (Phi) is 10.9. The van der Waals surface area contributed by atoms with Gasteiger partial charge in [0, 0.05) is 14.1 Å². The van der Waals surface area contributed by atoms with Crippen molar-refractivity contribution in [3.63, 3.8) is 0 Å². The molecule has 0 saturated carbocycles. The second kappa shape index (κ2) is 12.4. The van der Waals surface area contributed by atoms with Gasteiger partial charge in [0.25, 0.3) is 0 Å². The van der Waals surface area contributed by atoms with Crippen LogP contribution in [0, 0.1) is 0 Å². The van der Waals surface area contributed by atoms with Crippen LogP contribution in [0.4, 0.5) is 0 Å². The van der Waals surface area contributed by atoms with Crippen molar-refractivity contribution in [2.45, 2.75) is 77.6 Å². The van der Waals surface area contributed by atoms with Crippen LogP contribution in [0.15, 0.2) is 24.3 Å². The molecule has 0 spiro atoms. The topological polar surface area (TPSA) is 20.2 Å². The highest BCUT2D eigenvalue weighted by atomic mass is 31.1. The minimum atomic E-state index is -0.0595. The maximum atomic E-state index is 9.31. The van der Waals surface area contributed by atoms with E-state index < -0.39 is 0 Å². The summed E-state index contributed by atoms with van der Waals surface area (Å²) in [5, 5.41) is 1.13. The normalized spacial score (nSPS) is 11.5. The van der Waals surface area contributed by atoms with Crippen LogP contribution in [0.2, 0.25) is 0 Å². The van der Waals surface area contributed by atoms with Gasteiger partial charge >= 0.3 is 0 Å². The molecule has 0 radical (unpaired) electrons. The monoisotopic (exact) mass is 294 g/mol.